The van der Waals surface area contributed by atoms with Gasteiger partial charge >= 0.3 is 0 Å². The molecule has 1 aliphatic heterocycles. The Morgan fingerprint density at radius 3 is 2.57 bits per heavy atom. The molecule has 0 saturated heterocycles. The van der Waals surface area contributed by atoms with Crippen LogP contribution in [0.15, 0.2) is 66.7 Å². The third-order valence-electron chi connectivity index (χ3n) is 4.63. The maximum Gasteiger partial charge on any atom is 0.276 e. The number of carbonyl (C=O) groups is 2. The van der Waals surface area contributed by atoms with Crippen molar-refractivity contribution in [3.05, 3.63) is 89.2 Å². The van der Waals surface area contributed by atoms with Crippen LogP contribution in [0.1, 0.15) is 32.1 Å². The summed E-state index contributed by atoms with van der Waals surface area (Å²) in [6.45, 7) is 0.589. The minimum atomic E-state index is -0.473. The van der Waals surface area contributed by atoms with Crippen molar-refractivity contribution < 1.29 is 9.59 Å². The summed E-state index contributed by atoms with van der Waals surface area (Å²) in [5.74, 6) is -0.712. The monoisotopic (exact) mass is 368 g/mol. The van der Waals surface area contributed by atoms with Crippen LogP contribution in [0.5, 0.6) is 0 Å². The van der Waals surface area contributed by atoms with Gasteiger partial charge in [-0.1, -0.05) is 36.4 Å². The highest BCUT2D eigenvalue weighted by Gasteiger charge is 2.26. The first-order chi connectivity index (χ1) is 13.7. The molecule has 6 nitrogen and oxygen atoms in total. The van der Waals surface area contributed by atoms with Crippen LogP contribution in [0.4, 0.5) is 11.4 Å². The lowest BCUT2D eigenvalue weighted by molar-refractivity contribution is 0.0984. The Labute approximate surface area is 162 Å². The van der Waals surface area contributed by atoms with Crippen molar-refractivity contribution in [2.45, 2.75) is 6.42 Å². The van der Waals surface area contributed by atoms with E-state index in [1.165, 1.54) is 0 Å². The van der Waals surface area contributed by atoms with Crippen LogP contribution in [0.2, 0.25) is 0 Å². The van der Waals surface area contributed by atoms with E-state index in [2.05, 4.69) is 10.3 Å². The lowest BCUT2D eigenvalue weighted by Crippen LogP contribution is -2.30. The van der Waals surface area contributed by atoms with Crippen LogP contribution < -0.4 is 10.2 Å². The summed E-state index contributed by atoms with van der Waals surface area (Å²) >= 11 is 0. The van der Waals surface area contributed by atoms with Gasteiger partial charge in [-0.2, -0.15) is 5.26 Å². The number of nitrogens with one attached hydrogen (secondary N) is 1. The van der Waals surface area contributed by atoms with Crippen molar-refractivity contribution in [1.82, 2.24) is 4.98 Å². The second kappa shape index (κ2) is 7.33. The topological polar surface area (TPSA) is 86.1 Å². The lowest BCUT2D eigenvalue weighted by Gasteiger charge is -2.17. The van der Waals surface area contributed by atoms with E-state index in [9.17, 15) is 9.59 Å². The fourth-order valence-electron chi connectivity index (χ4n) is 3.24. The molecule has 2 heterocycles. The number of amides is 2. The van der Waals surface area contributed by atoms with Gasteiger partial charge in [-0.15, -0.1) is 0 Å². The first-order valence-corrected chi connectivity index (χ1v) is 8.84. The molecule has 0 fully saturated rings. The minimum absolute atomic E-state index is 0.117. The third kappa shape index (κ3) is 3.21. The maximum atomic E-state index is 12.9. The number of anilines is 2. The van der Waals surface area contributed by atoms with Crippen LogP contribution in [-0.4, -0.2) is 23.3 Å². The lowest BCUT2D eigenvalue weighted by atomic mass is 10.2. The number of hydrogen-bond donors (Lipinski definition) is 1. The minimum Gasteiger partial charge on any atom is -0.319 e. The van der Waals surface area contributed by atoms with E-state index in [4.69, 9.17) is 5.26 Å². The number of aromatic nitrogens is 1. The van der Waals surface area contributed by atoms with Crippen molar-refractivity contribution in [2.24, 2.45) is 0 Å². The summed E-state index contributed by atoms with van der Waals surface area (Å²) in [5, 5.41) is 11.8. The van der Waals surface area contributed by atoms with Crippen LogP contribution in [0.25, 0.3) is 0 Å². The van der Waals surface area contributed by atoms with Gasteiger partial charge in [-0.25, -0.2) is 4.98 Å². The van der Waals surface area contributed by atoms with Crippen molar-refractivity contribution in [1.29, 1.82) is 5.26 Å². The number of pyridine rings is 1. The molecule has 2 aromatic carbocycles. The first kappa shape index (κ1) is 17.4. The molecule has 2 amide bonds. The summed E-state index contributed by atoms with van der Waals surface area (Å²) in [4.78, 5) is 31.4. The van der Waals surface area contributed by atoms with Crippen molar-refractivity contribution >= 4 is 23.2 Å². The highest BCUT2D eigenvalue weighted by Crippen LogP contribution is 2.28. The fraction of sp³-hybridized carbons (Fsp3) is 0.0909. The molecule has 4 rings (SSSR count). The number of rotatable bonds is 3. The molecule has 6 heteroatoms. The van der Waals surface area contributed by atoms with Crippen LogP contribution in [-0.2, 0) is 6.42 Å². The number of nitriles is 1. The molecule has 3 aromatic rings. The molecular weight excluding hydrogens is 352 g/mol. The van der Waals surface area contributed by atoms with E-state index in [0.717, 1.165) is 17.7 Å². The molecule has 0 unspecified atom stereocenters. The number of hydrogen-bond acceptors (Lipinski definition) is 4. The van der Waals surface area contributed by atoms with Crippen molar-refractivity contribution in [3.63, 3.8) is 0 Å². The van der Waals surface area contributed by atoms with Gasteiger partial charge in [0.15, 0.2) is 0 Å². The van der Waals surface area contributed by atoms with E-state index in [1.807, 2.05) is 30.3 Å². The van der Waals surface area contributed by atoms with Crippen LogP contribution >= 0.6 is 0 Å². The molecular formula is C22H16N4O2. The number of para-hydroxylation sites is 2. The quantitative estimate of drug-likeness (QED) is 0.768. The van der Waals surface area contributed by atoms with Gasteiger partial charge in [0.05, 0.1) is 11.3 Å². The molecule has 0 saturated carbocycles. The molecule has 28 heavy (non-hydrogen) atoms. The first-order valence-electron chi connectivity index (χ1n) is 8.84. The second-order valence-electron chi connectivity index (χ2n) is 6.36. The summed E-state index contributed by atoms with van der Waals surface area (Å²) in [5.41, 5.74) is 3.09. The summed E-state index contributed by atoms with van der Waals surface area (Å²) in [6.07, 6.45) is 0.799. The van der Waals surface area contributed by atoms with E-state index in [0.29, 0.717) is 17.8 Å². The smallest absolute Gasteiger partial charge is 0.276 e. The van der Waals surface area contributed by atoms with Crippen molar-refractivity contribution in [3.8, 4) is 6.07 Å². The average Bonchev–Trinajstić information content (AvgIpc) is 3.18. The van der Waals surface area contributed by atoms with Gasteiger partial charge in [-0.05, 0) is 42.3 Å². The van der Waals surface area contributed by atoms with Crippen LogP contribution in [0.3, 0.4) is 0 Å². The Kier molecular flexibility index (Phi) is 4.56. The predicted octanol–water partition coefficient (Wildman–Crippen LogP) is 3.41. The van der Waals surface area contributed by atoms with Gasteiger partial charge in [0.25, 0.3) is 11.8 Å². The molecule has 1 N–H and O–H groups in total. The van der Waals surface area contributed by atoms with Gasteiger partial charge in [0.1, 0.15) is 17.5 Å². The number of carbonyl (C=O) groups excluding carboxylic acids is 2. The van der Waals surface area contributed by atoms with Gasteiger partial charge < -0.3 is 10.2 Å². The summed E-state index contributed by atoms with van der Waals surface area (Å²) < 4.78 is 0. The molecule has 0 radical (unpaired) electrons. The summed E-state index contributed by atoms with van der Waals surface area (Å²) in [7, 11) is 0. The predicted molar refractivity (Wildman–Crippen MR) is 105 cm³/mol. The average molecular weight is 368 g/mol. The maximum absolute atomic E-state index is 12.9. The van der Waals surface area contributed by atoms with E-state index in [1.54, 1.807) is 47.4 Å². The third-order valence-corrected chi connectivity index (χ3v) is 4.63. The number of benzene rings is 2. The van der Waals surface area contributed by atoms with E-state index in [-0.39, 0.29) is 17.3 Å². The Hall–Kier alpha value is -3.98. The van der Waals surface area contributed by atoms with Gasteiger partial charge in [0.2, 0.25) is 0 Å². The van der Waals surface area contributed by atoms with Crippen LogP contribution in [0, 0.1) is 11.3 Å². The second-order valence-corrected chi connectivity index (χ2v) is 6.36. The highest BCUT2D eigenvalue weighted by atomic mass is 16.2. The molecule has 0 bridgehead atoms. The Morgan fingerprint density at radius 2 is 1.71 bits per heavy atom. The number of nitrogens with zero attached hydrogens (tertiary/aromatic N) is 3. The molecule has 0 atom stereocenters. The molecule has 1 aromatic heterocycles. The van der Waals surface area contributed by atoms with Gasteiger partial charge in [-0.3, -0.25) is 9.59 Å². The number of fused-ring (bicyclic) bond motifs is 1. The van der Waals surface area contributed by atoms with E-state index < -0.39 is 5.91 Å². The standard InChI is InChI=1S/C22H16N4O2/c23-14-16-7-1-3-8-17(16)25-21(27)18-9-5-10-19(24-18)22(28)26-13-12-15-6-2-4-11-20(15)26/h1-11H,12-13H2,(H,25,27). The molecule has 0 spiro atoms. The summed E-state index contributed by atoms with van der Waals surface area (Å²) in [6, 6.07) is 21.3. The highest BCUT2D eigenvalue weighted by molar-refractivity contribution is 6.08. The van der Waals surface area contributed by atoms with Gasteiger partial charge in [0, 0.05) is 12.2 Å². The van der Waals surface area contributed by atoms with Crippen molar-refractivity contribution in [2.75, 3.05) is 16.8 Å². The largest absolute Gasteiger partial charge is 0.319 e. The fourth-order valence-corrected chi connectivity index (χ4v) is 3.24. The zero-order chi connectivity index (χ0) is 19.5. The molecule has 136 valence electrons. The SMILES string of the molecule is N#Cc1ccccc1NC(=O)c1cccc(C(=O)N2CCc3ccccc32)n1. The normalized spacial score (nSPS) is 12.2. The Morgan fingerprint density at radius 1 is 0.964 bits per heavy atom. The zero-order valence-electron chi connectivity index (χ0n) is 14.9. The Balaban J connectivity index is 1.57. The van der Waals surface area contributed by atoms with E-state index >= 15 is 0 Å². The zero-order valence-corrected chi connectivity index (χ0v) is 14.9. The molecule has 0 aliphatic carbocycles. The Bertz CT molecular complexity index is 1120. The molecule has 1 aliphatic rings.